The lowest BCUT2D eigenvalue weighted by atomic mass is 10.1. The van der Waals surface area contributed by atoms with Crippen LogP contribution in [-0.2, 0) is 14.6 Å². The third-order valence-corrected chi connectivity index (χ3v) is 8.35. The van der Waals surface area contributed by atoms with Gasteiger partial charge in [0.05, 0.1) is 39.1 Å². The van der Waals surface area contributed by atoms with Gasteiger partial charge in [-0.25, -0.2) is 13.4 Å². The van der Waals surface area contributed by atoms with Crippen molar-refractivity contribution in [3.8, 4) is 0 Å². The number of amides is 1. The van der Waals surface area contributed by atoms with Crippen LogP contribution in [0.2, 0.25) is 0 Å². The molecule has 1 saturated heterocycles. The minimum atomic E-state index is -3.55. The normalized spacial score (nSPS) is 16.7. The molecule has 3 aromatic rings. The summed E-state index contributed by atoms with van der Waals surface area (Å²) in [6.45, 7) is 6.64. The number of rotatable bonds is 6. The van der Waals surface area contributed by atoms with E-state index in [9.17, 15) is 13.2 Å². The van der Waals surface area contributed by atoms with Crippen molar-refractivity contribution in [1.82, 2.24) is 4.98 Å². The maximum Gasteiger partial charge on any atom is 0.261 e. The van der Waals surface area contributed by atoms with E-state index in [1.165, 1.54) is 17.4 Å². The van der Waals surface area contributed by atoms with Crippen LogP contribution in [-0.4, -0.2) is 44.3 Å². The van der Waals surface area contributed by atoms with E-state index in [1.807, 2.05) is 13.8 Å². The van der Waals surface area contributed by atoms with Crippen molar-refractivity contribution in [2.45, 2.75) is 44.6 Å². The molecule has 0 N–H and O–H groups in total. The van der Waals surface area contributed by atoms with Gasteiger partial charge in [0.25, 0.3) is 5.91 Å². The summed E-state index contributed by atoms with van der Waals surface area (Å²) in [5.41, 5.74) is 3.23. The Morgan fingerprint density at radius 2 is 2.03 bits per heavy atom. The van der Waals surface area contributed by atoms with Gasteiger partial charge in [-0.3, -0.25) is 9.69 Å². The smallest absolute Gasteiger partial charge is 0.261 e. The van der Waals surface area contributed by atoms with Gasteiger partial charge in [0.1, 0.15) is 0 Å². The zero-order chi connectivity index (χ0) is 22.2. The van der Waals surface area contributed by atoms with E-state index < -0.39 is 9.84 Å². The number of fused-ring (bicyclic) bond motifs is 1. The number of aromatic nitrogens is 1. The van der Waals surface area contributed by atoms with Gasteiger partial charge in [0.15, 0.2) is 15.0 Å². The first-order valence-corrected chi connectivity index (χ1v) is 12.9. The molecule has 0 spiro atoms. The Hall–Kier alpha value is -2.29. The Morgan fingerprint density at radius 3 is 2.74 bits per heavy atom. The number of sulfone groups is 1. The maximum atomic E-state index is 13.7. The van der Waals surface area contributed by atoms with Crippen molar-refractivity contribution >= 4 is 42.4 Å². The zero-order valence-corrected chi connectivity index (χ0v) is 19.6. The van der Waals surface area contributed by atoms with Crippen LogP contribution in [0.5, 0.6) is 0 Å². The van der Waals surface area contributed by atoms with Crippen LogP contribution < -0.4 is 4.90 Å². The fraction of sp³-hybridized carbons (Fsp3) is 0.391. The molecule has 1 aliphatic rings. The van der Waals surface area contributed by atoms with Crippen LogP contribution in [0.3, 0.4) is 0 Å². The average Bonchev–Trinajstić information content (AvgIpc) is 3.41. The fourth-order valence-electron chi connectivity index (χ4n) is 3.93. The predicted molar refractivity (Wildman–Crippen MR) is 124 cm³/mol. The molecule has 1 fully saturated rings. The monoisotopic (exact) mass is 458 g/mol. The molecular weight excluding hydrogens is 432 g/mol. The molecule has 1 aliphatic heterocycles. The summed E-state index contributed by atoms with van der Waals surface area (Å²) in [5, 5.41) is 0.563. The van der Waals surface area contributed by atoms with Gasteiger partial charge in [0.2, 0.25) is 0 Å². The Balaban J connectivity index is 1.81. The summed E-state index contributed by atoms with van der Waals surface area (Å²) >= 11 is 1.45. The van der Waals surface area contributed by atoms with Gasteiger partial charge in [-0.2, -0.15) is 0 Å². The first-order valence-electron chi connectivity index (χ1n) is 10.4. The van der Waals surface area contributed by atoms with Crippen LogP contribution in [0.25, 0.3) is 10.2 Å². The molecule has 0 aliphatic carbocycles. The van der Waals surface area contributed by atoms with Crippen LogP contribution in [0.15, 0.2) is 41.3 Å². The fourth-order valence-corrected chi connectivity index (χ4v) is 6.17. The summed E-state index contributed by atoms with van der Waals surface area (Å²) < 4.78 is 32.1. The average molecular weight is 459 g/mol. The predicted octanol–water partition coefficient (Wildman–Crippen LogP) is 4.53. The number of hydrogen-bond acceptors (Lipinski definition) is 6. The first-order chi connectivity index (χ1) is 14.8. The second-order valence-electron chi connectivity index (χ2n) is 7.88. The van der Waals surface area contributed by atoms with Gasteiger partial charge < -0.3 is 4.74 Å². The van der Waals surface area contributed by atoms with Crippen molar-refractivity contribution in [2.75, 3.05) is 23.8 Å². The number of anilines is 1. The lowest BCUT2D eigenvalue weighted by molar-refractivity contribution is 0.0915. The quantitative estimate of drug-likeness (QED) is 0.542. The van der Waals surface area contributed by atoms with E-state index in [1.54, 1.807) is 30.0 Å². The molecule has 2 heterocycles. The number of thiazole rings is 1. The van der Waals surface area contributed by atoms with Crippen molar-refractivity contribution in [2.24, 2.45) is 0 Å². The van der Waals surface area contributed by atoms with Crippen LogP contribution in [0.1, 0.15) is 41.3 Å². The first kappa shape index (κ1) is 21.9. The lowest BCUT2D eigenvalue weighted by Crippen LogP contribution is -2.38. The molecule has 0 radical (unpaired) electrons. The number of aryl methyl sites for hydroxylation is 2. The highest BCUT2D eigenvalue weighted by molar-refractivity contribution is 7.91. The number of nitrogens with zero attached hydrogens (tertiary/aromatic N) is 2. The molecule has 8 heteroatoms. The standard InChI is InChI=1S/C23H26N2O4S2/c1-4-31(27,28)20-10-6-5-9-18(20)22(26)25(14-17-8-7-11-29-17)23-24-21-16(3)12-15(2)13-19(21)30-23/h5-6,9-10,12-13,17H,4,7-8,11,14H2,1-3H3. The topological polar surface area (TPSA) is 76.6 Å². The summed E-state index contributed by atoms with van der Waals surface area (Å²) in [6.07, 6.45) is 1.72. The number of carbonyl (C=O) groups excluding carboxylic acids is 1. The molecule has 2 aromatic carbocycles. The lowest BCUT2D eigenvalue weighted by Gasteiger charge is -2.24. The summed E-state index contributed by atoms with van der Waals surface area (Å²) in [7, 11) is -3.55. The van der Waals surface area contributed by atoms with Crippen molar-refractivity contribution in [3.05, 3.63) is 53.1 Å². The summed E-state index contributed by atoms with van der Waals surface area (Å²) in [4.78, 5) is 20.2. The number of ether oxygens (including phenoxy) is 1. The second-order valence-corrected chi connectivity index (χ2v) is 11.1. The molecule has 1 unspecified atom stereocenters. The third-order valence-electron chi connectivity index (χ3n) is 5.54. The van der Waals surface area contributed by atoms with E-state index in [-0.39, 0.29) is 28.2 Å². The highest BCUT2D eigenvalue weighted by atomic mass is 32.2. The molecule has 1 atom stereocenters. The molecule has 0 bridgehead atoms. The number of benzene rings is 2. The molecule has 1 aromatic heterocycles. The van der Waals surface area contributed by atoms with E-state index in [4.69, 9.17) is 9.72 Å². The Labute approximate surface area is 186 Å². The van der Waals surface area contributed by atoms with Crippen molar-refractivity contribution < 1.29 is 17.9 Å². The molecule has 31 heavy (non-hydrogen) atoms. The molecule has 1 amide bonds. The minimum absolute atomic E-state index is 0.0629. The van der Waals surface area contributed by atoms with Crippen LogP contribution in [0.4, 0.5) is 5.13 Å². The van der Waals surface area contributed by atoms with E-state index >= 15 is 0 Å². The SMILES string of the molecule is CCS(=O)(=O)c1ccccc1C(=O)N(CC1CCCO1)c1nc2c(C)cc(C)cc2s1. The van der Waals surface area contributed by atoms with Gasteiger partial charge in [0, 0.05) is 6.61 Å². The third kappa shape index (κ3) is 4.37. The van der Waals surface area contributed by atoms with E-state index in [2.05, 4.69) is 12.1 Å². The largest absolute Gasteiger partial charge is 0.376 e. The van der Waals surface area contributed by atoms with Crippen molar-refractivity contribution in [3.63, 3.8) is 0 Å². The molecule has 4 rings (SSSR count). The Morgan fingerprint density at radius 1 is 1.26 bits per heavy atom. The minimum Gasteiger partial charge on any atom is -0.376 e. The van der Waals surface area contributed by atoms with E-state index in [0.29, 0.717) is 18.3 Å². The Bertz CT molecular complexity index is 1230. The van der Waals surface area contributed by atoms with E-state index in [0.717, 1.165) is 34.2 Å². The maximum absolute atomic E-state index is 13.7. The van der Waals surface area contributed by atoms with Gasteiger partial charge in [-0.15, -0.1) is 0 Å². The number of hydrogen-bond donors (Lipinski definition) is 0. The number of carbonyl (C=O) groups is 1. The van der Waals surface area contributed by atoms with Crippen LogP contribution in [0, 0.1) is 13.8 Å². The Kier molecular flexibility index (Phi) is 6.14. The molecular formula is C23H26N2O4S2. The highest BCUT2D eigenvalue weighted by Gasteiger charge is 2.30. The zero-order valence-electron chi connectivity index (χ0n) is 17.9. The summed E-state index contributed by atoms with van der Waals surface area (Å²) in [6, 6.07) is 10.6. The van der Waals surface area contributed by atoms with Crippen molar-refractivity contribution in [1.29, 1.82) is 0 Å². The molecule has 6 nitrogen and oxygen atoms in total. The van der Waals surface area contributed by atoms with Gasteiger partial charge >= 0.3 is 0 Å². The summed E-state index contributed by atoms with van der Waals surface area (Å²) in [5.74, 6) is -0.431. The van der Waals surface area contributed by atoms with Gasteiger partial charge in [-0.1, -0.05) is 36.5 Å². The molecule has 0 saturated carbocycles. The second kappa shape index (κ2) is 8.68. The van der Waals surface area contributed by atoms with Gasteiger partial charge in [-0.05, 0) is 56.0 Å². The highest BCUT2D eigenvalue weighted by Crippen LogP contribution is 2.34. The van der Waals surface area contributed by atoms with Crippen LogP contribution >= 0.6 is 11.3 Å². The molecule has 164 valence electrons.